The van der Waals surface area contributed by atoms with Gasteiger partial charge in [-0.1, -0.05) is 84.9 Å². The standard InChI is InChI=1S/C46H22F10N2O2/c47-32-34(49)38(53)43(39(54)35(32)50)57(24-11-3-1-4-12-24)26-21-19-23(20-22-26)31-27-15-7-8-16-28(27)42(46-45(31)59-29-17-9-10-18-30(29)60-46)58(25-13-5-2-6-14-25)44-40(55)36(51)33(48)37(52)41(44)56/h1-22H. The van der Waals surface area contributed by atoms with Crippen LogP contribution in [0.15, 0.2) is 133 Å². The van der Waals surface area contributed by atoms with Gasteiger partial charge in [-0.25, -0.2) is 43.9 Å². The summed E-state index contributed by atoms with van der Waals surface area (Å²) in [6, 6.07) is 33.2. The molecule has 0 N–H and O–H groups in total. The van der Waals surface area contributed by atoms with Crippen LogP contribution in [0, 0.1) is 58.2 Å². The smallest absolute Gasteiger partial charge is 0.200 e. The minimum absolute atomic E-state index is 0.0262. The minimum Gasteiger partial charge on any atom is -0.449 e. The third-order valence-electron chi connectivity index (χ3n) is 9.86. The average Bonchev–Trinajstić information content (AvgIpc) is 3.28. The van der Waals surface area contributed by atoms with Gasteiger partial charge in [0.05, 0.1) is 0 Å². The van der Waals surface area contributed by atoms with Gasteiger partial charge in [-0.3, -0.25) is 0 Å². The van der Waals surface area contributed by atoms with Crippen LogP contribution in [0.1, 0.15) is 0 Å². The lowest BCUT2D eigenvalue weighted by Gasteiger charge is -2.33. The molecule has 0 aliphatic carbocycles. The maximum absolute atomic E-state index is 16.0. The van der Waals surface area contributed by atoms with E-state index in [-0.39, 0.29) is 56.7 Å². The number of ether oxygens (including phenoxy) is 2. The Morgan fingerprint density at radius 2 is 0.667 bits per heavy atom. The Labute approximate surface area is 333 Å². The largest absolute Gasteiger partial charge is 0.449 e. The number of hydrogen-bond acceptors (Lipinski definition) is 4. The third-order valence-corrected chi connectivity index (χ3v) is 9.86. The first-order valence-electron chi connectivity index (χ1n) is 17.8. The van der Waals surface area contributed by atoms with Crippen LogP contribution in [-0.2, 0) is 0 Å². The predicted molar refractivity (Wildman–Crippen MR) is 205 cm³/mol. The molecule has 1 aliphatic rings. The monoisotopic (exact) mass is 824 g/mol. The third kappa shape index (κ3) is 5.93. The molecule has 9 rings (SSSR count). The van der Waals surface area contributed by atoms with Gasteiger partial charge in [0.1, 0.15) is 17.1 Å². The van der Waals surface area contributed by atoms with Crippen molar-refractivity contribution in [1.29, 1.82) is 0 Å². The summed E-state index contributed by atoms with van der Waals surface area (Å²) in [5.41, 5.74) is -2.13. The summed E-state index contributed by atoms with van der Waals surface area (Å²) >= 11 is 0. The van der Waals surface area contributed by atoms with Gasteiger partial charge in [0.2, 0.25) is 11.6 Å². The van der Waals surface area contributed by atoms with Crippen LogP contribution < -0.4 is 19.3 Å². The number of anilines is 6. The molecule has 0 amide bonds. The van der Waals surface area contributed by atoms with E-state index in [1.165, 1.54) is 84.9 Å². The molecule has 0 unspecified atom stereocenters. The van der Waals surface area contributed by atoms with Crippen LogP contribution in [0.25, 0.3) is 21.9 Å². The minimum atomic E-state index is -2.35. The molecule has 0 radical (unpaired) electrons. The van der Waals surface area contributed by atoms with Crippen LogP contribution in [0.3, 0.4) is 0 Å². The zero-order valence-electron chi connectivity index (χ0n) is 30.2. The second-order valence-corrected chi connectivity index (χ2v) is 13.3. The SMILES string of the molecule is Fc1c(F)c(F)c(N(c2ccccc2)c2ccc(-c3c4c(c(N(c5ccccc5)c5c(F)c(F)c(F)c(F)c5F)c5ccccc35)Oc3ccccc3O4)cc2)c(F)c1F. The Morgan fingerprint density at radius 3 is 1.17 bits per heavy atom. The van der Waals surface area contributed by atoms with Gasteiger partial charge < -0.3 is 19.3 Å². The fourth-order valence-electron chi connectivity index (χ4n) is 7.20. The summed E-state index contributed by atoms with van der Waals surface area (Å²) in [4.78, 5) is 1.71. The van der Waals surface area contributed by atoms with Crippen LogP contribution in [-0.4, -0.2) is 0 Å². The predicted octanol–water partition coefficient (Wildman–Crippen LogP) is 14.7. The molecule has 4 nitrogen and oxygen atoms in total. The molecule has 14 heteroatoms. The fourth-order valence-corrected chi connectivity index (χ4v) is 7.20. The number of nitrogens with zero attached hydrogens (tertiary/aromatic N) is 2. The van der Waals surface area contributed by atoms with Crippen molar-refractivity contribution >= 4 is 44.9 Å². The molecule has 0 fully saturated rings. The molecule has 1 heterocycles. The van der Waals surface area contributed by atoms with Crippen molar-refractivity contribution in [2.24, 2.45) is 0 Å². The molecule has 0 saturated carbocycles. The van der Waals surface area contributed by atoms with E-state index < -0.39 is 69.5 Å². The molecule has 60 heavy (non-hydrogen) atoms. The van der Waals surface area contributed by atoms with E-state index in [4.69, 9.17) is 9.47 Å². The van der Waals surface area contributed by atoms with E-state index in [1.54, 1.807) is 48.5 Å². The number of para-hydroxylation sites is 4. The van der Waals surface area contributed by atoms with Crippen LogP contribution >= 0.6 is 0 Å². The highest BCUT2D eigenvalue weighted by Gasteiger charge is 2.37. The maximum Gasteiger partial charge on any atom is 0.200 e. The molecule has 0 atom stereocenters. The van der Waals surface area contributed by atoms with Crippen LogP contribution in [0.4, 0.5) is 78.0 Å². The molecule has 0 bridgehead atoms. The molecule has 1 aliphatic heterocycles. The second kappa shape index (κ2) is 14.7. The van der Waals surface area contributed by atoms with Crippen molar-refractivity contribution in [2.75, 3.05) is 9.80 Å². The van der Waals surface area contributed by atoms with Gasteiger partial charge in [0.15, 0.2) is 69.5 Å². The second-order valence-electron chi connectivity index (χ2n) is 13.3. The highest BCUT2D eigenvalue weighted by Crippen LogP contribution is 2.60. The Bertz CT molecular complexity index is 2950. The lowest BCUT2D eigenvalue weighted by molar-refractivity contribution is 0.362. The fraction of sp³-hybridized carbons (Fsp3) is 0. The van der Waals surface area contributed by atoms with Gasteiger partial charge in [0, 0.05) is 28.0 Å². The Balaban J connectivity index is 1.32. The first-order valence-corrected chi connectivity index (χ1v) is 17.8. The van der Waals surface area contributed by atoms with Gasteiger partial charge in [-0.05, 0) is 59.5 Å². The van der Waals surface area contributed by atoms with E-state index in [1.807, 2.05) is 0 Å². The lowest BCUT2D eigenvalue weighted by atomic mass is 9.93. The first-order chi connectivity index (χ1) is 29.0. The highest BCUT2D eigenvalue weighted by molar-refractivity contribution is 6.12. The van der Waals surface area contributed by atoms with Crippen molar-refractivity contribution in [3.8, 4) is 34.1 Å². The molecule has 8 aromatic carbocycles. The Kier molecular flexibility index (Phi) is 9.34. The Hall–Kier alpha value is -7.48. The lowest BCUT2D eigenvalue weighted by Crippen LogP contribution is -2.19. The number of hydrogen-bond donors (Lipinski definition) is 0. The molecular weight excluding hydrogens is 802 g/mol. The molecular formula is C46H22F10N2O2. The van der Waals surface area contributed by atoms with Gasteiger partial charge in [-0.2, -0.15) is 0 Å². The molecule has 0 saturated heterocycles. The summed E-state index contributed by atoms with van der Waals surface area (Å²) < 4.78 is 163. The van der Waals surface area contributed by atoms with Crippen molar-refractivity contribution in [1.82, 2.24) is 0 Å². The first kappa shape index (κ1) is 38.1. The summed E-state index contributed by atoms with van der Waals surface area (Å²) in [7, 11) is 0. The maximum atomic E-state index is 16.0. The van der Waals surface area contributed by atoms with E-state index in [0.717, 1.165) is 9.80 Å². The topological polar surface area (TPSA) is 24.9 Å². The van der Waals surface area contributed by atoms with E-state index in [9.17, 15) is 17.6 Å². The molecule has 8 aromatic rings. The van der Waals surface area contributed by atoms with Crippen molar-refractivity contribution in [3.05, 3.63) is 192 Å². The van der Waals surface area contributed by atoms with E-state index in [2.05, 4.69) is 0 Å². The zero-order chi connectivity index (χ0) is 42.0. The van der Waals surface area contributed by atoms with Crippen molar-refractivity contribution in [3.63, 3.8) is 0 Å². The zero-order valence-corrected chi connectivity index (χ0v) is 30.2. The van der Waals surface area contributed by atoms with Gasteiger partial charge >= 0.3 is 0 Å². The summed E-state index contributed by atoms with van der Waals surface area (Å²) in [6.07, 6.45) is 0. The van der Waals surface area contributed by atoms with Crippen LogP contribution in [0.5, 0.6) is 23.0 Å². The number of benzene rings is 8. The van der Waals surface area contributed by atoms with Crippen molar-refractivity contribution < 1.29 is 53.4 Å². The number of fused-ring (bicyclic) bond motifs is 3. The Morgan fingerprint density at radius 1 is 0.300 bits per heavy atom. The number of rotatable bonds is 7. The summed E-state index contributed by atoms with van der Waals surface area (Å²) in [6.45, 7) is 0. The summed E-state index contributed by atoms with van der Waals surface area (Å²) in [5.74, 6) is -21.7. The van der Waals surface area contributed by atoms with Gasteiger partial charge in [-0.15, -0.1) is 0 Å². The van der Waals surface area contributed by atoms with Gasteiger partial charge in [0.25, 0.3) is 0 Å². The number of halogens is 10. The summed E-state index contributed by atoms with van der Waals surface area (Å²) in [5, 5.41) is 0.491. The van der Waals surface area contributed by atoms with E-state index >= 15 is 26.3 Å². The average molecular weight is 825 g/mol. The molecule has 298 valence electrons. The normalized spacial score (nSPS) is 11.8. The molecule has 0 spiro atoms. The highest BCUT2D eigenvalue weighted by atomic mass is 19.2. The van der Waals surface area contributed by atoms with Crippen molar-refractivity contribution in [2.45, 2.75) is 0 Å². The van der Waals surface area contributed by atoms with E-state index in [0.29, 0.717) is 10.9 Å². The van der Waals surface area contributed by atoms with Crippen LogP contribution in [0.2, 0.25) is 0 Å². The quantitative estimate of drug-likeness (QED) is 0.0908. The molecule has 0 aromatic heterocycles.